The molecular weight excluding hydrogens is 707 g/mol. The molecule has 15 atom stereocenters. The van der Waals surface area contributed by atoms with Crippen molar-refractivity contribution in [2.75, 3.05) is 55.0 Å². The summed E-state index contributed by atoms with van der Waals surface area (Å²) in [5.41, 5.74) is 0.318. The van der Waals surface area contributed by atoms with Crippen LogP contribution in [0.1, 0.15) is 118 Å². The quantitative estimate of drug-likeness (QED) is 0.183. The molecule has 0 aromatic carbocycles. The van der Waals surface area contributed by atoms with E-state index in [9.17, 15) is 19.8 Å². The van der Waals surface area contributed by atoms with Crippen molar-refractivity contribution in [1.82, 2.24) is 25.5 Å². The molecule has 6 aliphatic carbocycles. The van der Waals surface area contributed by atoms with Gasteiger partial charge in [0.1, 0.15) is 12.1 Å². The molecule has 0 radical (unpaired) electrons. The molecule has 6 unspecified atom stereocenters. The summed E-state index contributed by atoms with van der Waals surface area (Å²) >= 11 is 0. The van der Waals surface area contributed by atoms with Gasteiger partial charge in [-0.1, -0.05) is 59.3 Å². The first-order chi connectivity index (χ1) is 26.6. The minimum atomic E-state index is -0.823. The van der Waals surface area contributed by atoms with Crippen LogP contribution in [0.25, 0.3) is 0 Å². The van der Waals surface area contributed by atoms with Crippen molar-refractivity contribution in [3.8, 4) is 0 Å². The van der Waals surface area contributed by atoms with E-state index in [4.69, 9.17) is 9.57 Å². The van der Waals surface area contributed by atoms with Crippen molar-refractivity contribution in [1.29, 1.82) is 0 Å². The Morgan fingerprint density at radius 1 is 0.964 bits per heavy atom. The van der Waals surface area contributed by atoms with Crippen LogP contribution in [0.5, 0.6) is 0 Å². The lowest BCUT2D eigenvalue weighted by Crippen LogP contribution is -2.62. The van der Waals surface area contributed by atoms with Crippen molar-refractivity contribution in [2.45, 2.75) is 160 Å². The van der Waals surface area contributed by atoms with Crippen molar-refractivity contribution in [3.63, 3.8) is 0 Å². The number of likely N-dealkylation sites (N-methyl/N-ethyl adjacent to an activating group) is 1. The molecule has 11 heteroatoms. The Kier molecular flexibility index (Phi) is 14.9. The first-order valence-corrected chi connectivity index (χ1v) is 22.8. The van der Waals surface area contributed by atoms with Crippen LogP contribution in [0.3, 0.4) is 0 Å². The molecule has 11 nitrogen and oxygen atoms in total. The van der Waals surface area contributed by atoms with E-state index in [1.54, 1.807) is 12.0 Å². The molecule has 4 N–H and O–H groups in total. The number of hydrogen-bond acceptors (Lipinski definition) is 9. The molecule has 0 aromatic heterocycles. The Morgan fingerprint density at radius 3 is 2.30 bits per heavy atom. The van der Waals surface area contributed by atoms with Gasteiger partial charge in [-0.3, -0.25) is 14.4 Å². The molecule has 0 spiro atoms. The van der Waals surface area contributed by atoms with Gasteiger partial charge in [-0.15, -0.1) is 0 Å². The van der Waals surface area contributed by atoms with E-state index in [2.05, 4.69) is 69.4 Å². The number of aliphatic hydroxyl groups is 2. The fourth-order valence-corrected chi connectivity index (χ4v) is 13.3. The van der Waals surface area contributed by atoms with Crippen LogP contribution >= 0.6 is 0 Å². The number of methoxy groups -OCH3 is 1. The number of nitrogens with zero attached hydrogens (tertiary/aromatic N) is 3. The number of ether oxygens (including phenoxy) is 1. The minimum Gasteiger partial charge on any atom is -0.394 e. The topological polar surface area (TPSA) is 127 Å². The number of carbonyl (C=O) groups excluding carboxylic acids is 2. The zero-order valence-electron chi connectivity index (χ0n) is 36.6. The number of fused-ring (bicyclic) bond motifs is 2. The molecule has 56 heavy (non-hydrogen) atoms. The predicted molar refractivity (Wildman–Crippen MR) is 220 cm³/mol. The second-order valence-corrected chi connectivity index (χ2v) is 20.7. The monoisotopic (exact) mass is 788 g/mol. The molecule has 2 bridgehead atoms. The van der Waals surface area contributed by atoms with Gasteiger partial charge in [-0.25, -0.2) is 0 Å². The Balaban J connectivity index is 1.15. The number of aliphatic hydroxyl groups excluding tert-OH is 2. The van der Waals surface area contributed by atoms with Gasteiger partial charge in [0.05, 0.1) is 24.7 Å². The van der Waals surface area contributed by atoms with Gasteiger partial charge in [0.2, 0.25) is 11.8 Å². The van der Waals surface area contributed by atoms with E-state index in [-0.39, 0.29) is 54.5 Å². The second-order valence-electron chi connectivity index (χ2n) is 20.7. The van der Waals surface area contributed by atoms with Crippen molar-refractivity contribution < 1.29 is 29.4 Å². The molecule has 1 aliphatic heterocycles. The lowest BCUT2D eigenvalue weighted by Gasteiger charge is -2.62. The molecule has 322 valence electrons. The molecule has 7 rings (SSSR count). The van der Waals surface area contributed by atoms with E-state index < -0.39 is 24.2 Å². The normalized spacial score (nSPS) is 40.3. The first-order valence-electron chi connectivity index (χ1n) is 22.8. The molecule has 0 aromatic rings. The lowest BCUT2D eigenvalue weighted by molar-refractivity contribution is -0.193. The molecule has 1 heterocycles. The Morgan fingerprint density at radius 2 is 1.70 bits per heavy atom. The zero-order chi connectivity index (χ0) is 40.5. The van der Waals surface area contributed by atoms with E-state index in [0.717, 1.165) is 57.9 Å². The maximum Gasteiger partial charge on any atom is 0.240 e. The third kappa shape index (κ3) is 9.49. The number of rotatable bonds is 15. The van der Waals surface area contributed by atoms with Crippen LogP contribution in [-0.4, -0.2) is 134 Å². The van der Waals surface area contributed by atoms with E-state index in [1.807, 2.05) is 7.11 Å². The summed E-state index contributed by atoms with van der Waals surface area (Å²) in [4.78, 5) is 39.7. The average Bonchev–Trinajstić information content (AvgIpc) is 3.53. The van der Waals surface area contributed by atoms with E-state index >= 15 is 0 Å². The summed E-state index contributed by atoms with van der Waals surface area (Å²) in [6.45, 7) is 9.84. The number of carbonyl (C=O) groups is 2. The van der Waals surface area contributed by atoms with Crippen molar-refractivity contribution in [3.05, 3.63) is 0 Å². The maximum absolute atomic E-state index is 14.4. The number of nitrogens with one attached hydrogen (secondary N) is 2. The van der Waals surface area contributed by atoms with Gasteiger partial charge in [0, 0.05) is 50.2 Å². The highest BCUT2D eigenvalue weighted by Gasteiger charge is 2.58. The fraction of sp³-hybridized carbons (Fsp3) is 0.956. The third-order valence-corrected chi connectivity index (χ3v) is 16.5. The largest absolute Gasteiger partial charge is 0.394 e. The van der Waals surface area contributed by atoms with Crippen LogP contribution < -0.4 is 10.6 Å². The van der Waals surface area contributed by atoms with Crippen LogP contribution in [0.2, 0.25) is 0 Å². The predicted octanol–water partition coefficient (Wildman–Crippen LogP) is 4.94. The zero-order valence-corrected chi connectivity index (χ0v) is 36.6. The molecule has 1 saturated heterocycles. The Hall–Kier alpha value is -1.34. The van der Waals surface area contributed by atoms with Crippen molar-refractivity contribution in [2.24, 2.45) is 58.7 Å². The fourth-order valence-electron chi connectivity index (χ4n) is 13.3. The summed E-state index contributed by atoms with van der Waals surface area (Å²) in [6.07, 6.45) is 14.2. The second kappa shape index (κ2) is 18.9. The maximum atomic E-state index is 14.4. The minimum absolute atomic E-state index is 0.0423. The number of hydrogen-bond donors (Lipinski definition) is 4. The smallest absolute Gasteiger partial charge is 0.240 e. The van der Waals surface area contributed by atoms with Gasteiger partial charge in [0.15, 0.2) is 0 Å². The summed E-state index contributed by atoms with van der Waals surface area (Å²) in [7, 11) is 10.3. The molecular formula is C45H81N5O6. The average molecular weight is 788 g/mol. The van der Waals surface area contributed by atoms with Crippen LogP contribution in [0.15, 0.2) is 0 Å². The molecule has 2 amide bonds. The highest BCUT2D eigenvalue weighted by atomic mass is 16.7. The molecule has 7 aliphatic rings. The van der Waals surface area contributed by atoms with Crippen LogP contribution in [0, 0.1) is 58.7 Å². The number of amides is 2. The van der Waals surface area contributed by atoms with Gasteiger partial charge in [-0.2, -0.15) is 5.06 Å². The summed E-state index contributed by atoms with van der Waals surface area (Å²) < 4.78 is 6.44. The molecule has 7 fully saturated rings. The standard InChI is InChI=1S/C45H81N5O6/c1-27-36-22-32(45(36,3)4)23-37(27)47-44(54)41-40(28(2)52)39(26-51)56-50(41)24-31-16-13-17-34(42(31)55-9)30-18-19-38(49(7)8)35(21-30)43(53)46-33(25-48(5)6)20-29-14-11-10-12-15-29/h27-42,51-52H,10-26H2,1-9H3,(H,46,53)(H,47,54)/t27-,28-,30?,31?,32+,33-,34?,35?,36-,37-,38?,39-,40-,41-,42?/m0/s1. The Labute approximate surface area is 339 Å². The number of hydroxylamine groups is 2. The summed E-state index contributed by atoms with van der Waals surface area (Å²) in [5.74, 6) is 2.55. The SMILES string of the molecule is COC1C(CN2O[C@@H](CO)[C@H]([C@H](C)O)[C@H]2C(=O)N[C@H]2C[C@H]3C[C@@H]([C@@H]2C)C3(C)C)CCCC1C1CCC(N(C)C)C(C(=O)N[C@@H](CC2CCCCC2)CN(C)C)C1. The van der Waals surface area contributed by atoms with Gasteiger partial charge in [0.25, 0.3) is 0 Å². The Bertz CT molecular complexity index is 1290. The van der Waals surface area contributed by atoms with Gasteiger partial charge >= 0.3 is 0 Å². The highest BCUT2D eigenvalue weighted by Crippen LogP contribution is 2.61. The van der Waals surface area contributed by atoms with Crippen LogP contribution in [-0.2, 0) is 19.2 Å². The molecule has 6 saturated carbocycles. The summed E-state index contributed by atoms with van der Waals surface area (Å²) in [6, 6.07) is -0.235. The van der Waals surface area contributed by atoms with Gasteiger partial charge in [-0.05, 0) is 127 Å². The summed E-state index contributed by atoms with van der Waals surface area (Å²) in [5, 5.41) is 30.3. The van der Waals surface area contributed by atoms with Crippen molar-refractivity contribution >= 4 is 11.8 Å². The van der Waals surface area contributed by atoms with E-state index in [0.29, 0.717) is 47.5 Å². The van der Waals surface area contributed by atoms with Gasteiger partial charge < -0.3 is 35.4 Å². The first kappa shape index (κ1) is 44.2. The highest BCUT2D eigenvalue weighted by molar-refractivity contribution is 5.83. The third-order valence-electron chi connectivity index (χ3n) is 16.5. The van der Waals surface area contributed by atoms with E-state index in [1.165, 1.54) is 38.5 Å². The van der Waals surface area contributed by atoms with Crippen LogP contribution in [0.4, 0.5) is 0 Å². The lowest BCUT2D eigenvalue weighted by atomic mass is 9.45.